The molecule has 0 bridgehead atoms. The molecule has 2 aliphatic heterocycles. The van der Waals surface area contributed by atoms with Gasteiger partial charge in [-0.25, -0.2) is 0 Å². The van der Waals surface area contributed by atoms with E-state index in [1.165, 1.54) is 18.4 Å². The Morgan fingerprint density at radius 2 is 1.82 bits per heavy atom. The lowest BCUT2D eigenvalue weighted by molar-refractivity contribution is -0.139. The van der Waals surface area contributed by atoms with Gasteiger partial charge in [0.05, 0.1) is 0 Å². The van der Waals surface area contributed by atoms with Gasteiger partial charge >= 0.3 is 0 Å². The van der Waals surface area contributed by atoms with Crippen molar-refractivity contribution < 1.29 is 9.53 Å². The molecule has 0 N–H and O–H groups in total. The van der Waals surface area contributed by atoms with Gasteiger partial charge in [0, 0.05) is 31.8 Å². The van der Waals surface area contributed by atoms with Gasteiger partial charge in [0.15, 0.2) is 0 Å². The smallest absolute Gasteiger partial charge is 0.225 e. The highest BCUT2D eigenvalue weighted by molar-refractivity contribution is 5.79. The molecule has 22 heavy (non-hydrogen) atoms. The summed E-state index contributed by atoms with van der Waals surface area (Å²) in [6.07, 6.45) is 8.83. The minimum Gasteiger partial charge on any atom is -0.487 e. The third-order valence-corrected chi connectivity index (χ3v) is 5.84. The molecule has 1 aromatic carbocycles. The van der Waals surface area contributed by atoms with Crippen LogP contribution in [0.4, 0.5) is 0 Å². The van der Waals surface area contributed by atoms with Crippen molar-refractivity contribution in [3.05, 3.63) is 29.8 Å². The number of hydrogen-bond donors (Lipinski definition) is 0. The molecule has 1 saturated heterocycles. The number of nitrogens with zero attached hydrogens (tertiary/aromatic N) is 1. The van der Waals surface area contributed by atoms with Crippen molar-refractivity contribution in [3.8, 4) is 5.75 Å². The molecule has 1 spiro atoms. The first-order valence-corrected chi connectivity index (χ1v) is 8.82. The number of ether oxygens (including phenoxy) is 1. The van der Waals surface area contributed by atoms with E-state index >= 15 is 0 Å². The number of amides is 1. The molecule has 1 amide bonds. The predicted octanol–water partition coefficient (Wildman–Crippen LogP) is 3.56. The summed E-state index contributed by atoms with van der Waals surface area (Å²) in [5, 5.41) is 0. The van der Waals surface area contributed by atoms with E-state index in [0.717, 1.165) is 57.4 Å². The highest BCUT2D eigenvalue weighted by Crippen LogP contribution is 2.39. The molecule has 0 atom stereocenters. The minimum atomic E-state index is -0.0270. The van der Waals surface area contributed by atoms with Crippen LogP contribution in [-0.4, -0.2) is 29.5 Å². The van der Waals surface area contributed by atoms with E-state index in [0.29, 0.717) is 11.8 Å². The van der Waals surface area contributed by atoms with Crippen LogP contribution in [0.3, 0.4) is 0 Å². The Morgan fingerprint density at radius 3 is 2.59 bits per heavy atom. The van der Waals surface area contributed by atoms with Gasteiger partial charge < -0.3 is 9.64 Å². The molecule has 3 aliphatic rings. The number of benzene rings is 1. The van der Waals surface area contributed by atoms with E-state index < -0.39 is 0 Å². The lowest BCUT2D eigenvalue weighted by Gasteiger charge is -2.45. The Balaban J connectivity index is 1.41. The van der Waals surface area contributed by atoms with Gasteiger partial charge in [-0.3, -0.25) is 4.79 Å². The van der Waals surface area contributed by atoms with E-state index in [-0.39, 0.29) is 5.60 Å². The molecule has 3 heteroatoms. The van der Waals surface area contributed by atoms with Crippen molar-refractivity contribution in [2.45, 2.75) is 57.0 Å². The minimum absolute atomic E-state index is 0.0270. The maximum absolute atomic E-state index is 12.6. The van der Waals surface area contributed by atoms with Crippen LogP contribution >= 0.6 is 0 Å². The third kappa shape index (κ3) is 2.51. The number of carbonyl (C=O) groups excluding carboxylic acids is 1. The Hall–Kier alpha value is -1.51. The lowest BCUT2D eigenvalue weighted by Crippen LogP contribution is -2.52. The summed E-state index contributed by atoms with van der Waals surface area (Å²) in [7, 11) is 0. The van der Waals surface area contributed by atoms with Gasteiger partial charge in [0.25, 0.3) is 0 Å². The number of piperidine rings is 1. The first-order chi connectivity index (χ1) is 10.8. The second-order valence-corrected chi connectivity index (χ2v) is 7.20. The molecule has 3 nitrogen and oxygen atoms in total. The van der Waals surface area contributed by atoms with Gasteiger partial charge in [-0.15, -0.1) is 0 Å². The van der Waals surface area contributed by atoms with Crippen molar-refractivity contribution in [1.82, 2.24) is 4.90 Å². The molecule has 1 aromatic rings. The maximum Gasteiger partial charge on any atom is 0.225 e. The van der Waals surface area contributed by atoms with Crippen LogP contribution in [0.25, 0.3) is 0 Å². The highest BCUT2D eigenvalue weighted by Gasteiger charge is 2.41. The Bertz CT molecular complexity index is 554. The normalized spacial score (nSPS) is 24.1. The van der Waals surface area contributed by atoms with Gasteiger partial charge in [0.1, 0.15) is 11.4 Å². The van der Waals surface area contributed by atoms with Gasteiger partial charge in [-0.05, 0) is 37.3 Å². The largest absolute Gasteiger partial charge is 0.487 e. The average Bonchev–Trinajstić information content (AvgIpc) is 3.09. The number of likely N-dealkylation sites (tertiary alicyclic amines) is 1. The number of fused-ring (bicyclic) bond motifs is 1. The van der Waals surface area contributed by atoms with E-state index in [1.54, 1.807) is 0 Å². The molecule has 0 unspecified atom stereocenters. The monoisotopic (exact) mass is 299 g/mol. The van der Waals surface area contributed by atoms with Crippen molar-refractivity contribution in [2.24, 2.45) is 5.92 Å². The summed E-state index contributed by atoms with van der Waals surface area (Å²) < 4.78 is 6.38. The summed E-state index contributed by atoms with van der Waals surface area (Å²) in [4.78, 5) is 14.7. The fourth-order valence-electron chi connectivity index (χ4n) is 4.37. The van der Waals surface area contributed by atoms with Gasteiger partial charge in [-0.2, -0.15) is 0 Å². The number of aryl methyl sites for hydroxylation is 1. The maximum atomic E-state index is 12.6. The van der Waals surface area contributed by atoms with Crippen LogP contribution in [0.5, 0.6) is 5.75 Å². The van der Waals surface area contributed by atoms with E-state index in [1.807, 2.05) is 0 Å². The fraction of sp³-hybridized carbons (Fsp3) is 0.632. The van der Waals surface area contributed by atoms with Crippen LogP contribution in [-0.2, 0) is 11.2 Å². The second-order valence-electron chi connectivity index (χ2n) is 7.20. The summed E-state index contributed by atoms with van der Waals surface area (Å²) in [6.45, 7) is 1.75. The van der Waals surface area contributed by atoms with Crippen LogP contribution in [0.1, 0.15) is 50.5 Å². The number of para-hydroxylation sites is 1. The van der Waals surface area contributed by atoms with Crippen molar-refractivity contribution in [3.63, 3.8) is 0 Å². The van der Waals surface area contributed by atoms with Crippen molar-refractivity contribution in [1.29, 1.82) is 0 Å². The first-order valence-electron chi connectivity index (χ1n) is 8.82. The summed E-state index contributed by atoms with van der Waals surface area (Å²) in [5.41, 5.74) is 1.30. The van der Waals surface area contributed by atoms with Gasteiger partial charge in [-0.1, -0.05) is 31.0 Å². The molecule has 4 rings (SSSR count). The Kier molecular flexibility index (Phi) is 3.59. The summed E-state index contributed by atoms with van der Waals surface area (Å²) >= 11 is 0. The van der Waals surface area contributed by atoms with E-state index in [2.05, 4.69) is 29.2 Å². The fourth-order valence-corrected chi connectivity index (χ4v) is 4.37. The van der Waals surface area contributed by atoms with Gasteiger partial charge in [0.2, 0.25) is 5.91 Å². The standard InChI is InChI=1S/C19H25NO2/c21-18(16-6-1-2-7-16)20-13-11-19(12-14-20)10-9-15-5-3-4-8-17(15)22-19/h3-5,8,16H,1-2,6-7,9-14H2. The third-order valence-electron chi connectivity index (χ3n) is 5.84. The summed E-state index contributed by atoms with van der Waals surface area (Å²) in [5.74, 6) is 1.77. The predicted molar refractivity (Wildman–Crippen MR) is 85.9 cm³/mol. The second kappa shape index (κ2) is 5.60. The molecular weight excluding hydrogens is 274 g/mol. The van der Waals surface area contributed by atoms with E-state index in [9.17, 15) is 4.79 Å². The number of carbonyl (C=O) groups is 1. The SMILES string of the molecule is O=C(C1CCCC1)N1CCC2(CCc3ccccc3O2)CC1. The number of hydrogen-bond acceptors (Lipinski definition) is 2. The van der Waals surface area contributed by atoms with Crippen molar-refractivity contribution >= 4 is 5.91 Å². The van der Waals surface area contributed by atoms with Crippen LogP contribution in [0.15, 0.2) is 24.3 Å². The van der Waals surface area contributed by atoms with Crippen LogP contribution in [0, 0.1) is 5.92 Å². The van der Waals surface area contributed by atoms with Crippen LogP contribution < -0.4 is 4.74 Å². The molecule has 2 heterocycles. The molecular formula is C19H25NO2. The molecule has 1 aliphatic carbocycles. The molecule has 2 fully saturated rings. The molecule has 118 valence electrons. The summed E-state index contributed by atoms with van der Waals surface area (Å²) in [6, 6.07) is 8.40. The zero-order valence-corrected chi connectivity index (χ0v) is 13.2. The topological polar surface area (TPSA) is 29.5 Å². The average molecular weight is 299 g/mol. The zero-order chi connectivity index (χ0) is 15.0. The Labute approximate surface area is 132 Å². The quantitative estimate of drug-likeness (QED) is 0.793. The number of rotatable bonds is 1. The molecule has 0 aromatic heterocycles. The highest BCUT2D eigenvalue weighted by atomic mass is 16.5. The Morgan fingerprint density at radius 1 is 1.09 bits per heavy atom. The molecule has 1 saturated carbocycles. The first kappa shape index (κ1) is 14.1. The lowest BCUT2D eigenvalue weighted by atomic mass is 9.83. The molecule has 0 radical (unpaired) electrons. The van der Waals surface area contributed by atoms with Crippen molar-refractivity contribution in [2.75, 3.05) is 13.1 Å². The zero-order valence-electron chi connectivity index (χ0n) is 13.2. The van der Waals surface area contributed by atoms with E-state index in [4.69, 9.17) is 4.74 Å². The van der Waals surface area contributed by atoms with Crippen LogP contribution in [0.2, 0.25) is 0 Å².